The van der Waals surface area contributed by atoms with Gasteiger partial charge in [0.15, 0.2) is 0 Å². The Morgan fingerprint density at radius 3 is 3.00 bits per heavy atom. The molecule has 1 aromatic rings. The number of hydrogen-bond donors (Lipinski definition) is 2. The predicted octanol–water partition coefficient (Wildman–Crippen LogP) is 2.42. The second kappa shape index (κ2) is 6.86. The lowest BCUT2D eigenvalue weighted by Gasteiger charge is -2.11. The molecule has 1 aromatic carbocycles. The number of rotatable bonds is 4. The van der Waals surface area contributed by atoms with E-state index in [0.717, 1.165) is 13.0 Å². The second-order valence-electron chi connectivity index (χ2n) is 4.53. The van der Waals surface area contributed by atoms with Gasteiger partial charge in [-0.25, -0.2) is 9.18 Å². The number of urea groups is 1. The molecule has 0 bridgehead atoms. The third kappa shape index (κ3) is 4.47. The van der Waals surface area contributed by atoms with Crippen LogP contribution in [0.4, 0.5) is 9.18 Å². The molecule has 2 N–H and O–H groups in total. The summed E-state index contributed by atoms with van der Waals surface area (Å²) in [5.41, 5.74) is 0.461. The van der Waals surface area contributed by atoms with Crippen LogP contribution in [0.1, 0.15) is 12.0 Å². The van der Waals surface area contributed by atoms with Gasteiger partial charge in [-0.05, 0) is 18.6 Å². The molecule has 1 heterocycles. The first-order valence-corrected chi connectivity index (χ1v) is 6.98. The van der Waals surface area contributed by atoms with E-state index < -0.39 is 0 Å². The molecule has 1 saturated heterocycles. The Morgan fingerprint density at radius 1 is 1.47 bits per heavy atom. The molecule has 0 radical (unpaired) electrons. The molecule has 19 heavy (non-hydrogen) atoms. The molecule has 1 atom stereocenters. The van der Waals surface area contributed by atoms with Gasteiger partial charge in [-0.1, -0.05) is 22.0 Å². The first-order chi connectivity index (χ1) is 9.15. The van der Waals surface area contributed by atoms with E-state index in [-0.39, 0.29) is 18.4 Å². The maximum Gasteiger partial charge on any atom is 0.315 e. The van der Waals surface area contributed by atoms with E-state index in [1.807, 2.05) is 0 Å². The van der Waals surface area contributed by atoms with Gasteiger partial charge in [-0.15, -0.1) is 0 Å². The van der Waals surface area contributed by atoms with Crippen LogP contribution in [0, 0.1) is 11.7 Å². The van der Waals surface area contributed by atoms with Crippen LogP contribution in [0.3, 0.4) is 0 Å². The van der Waals surface area contributed by atoms with Gasteiger partial charge in [-0.3, -0.25) is 0 Å². The molecule has 6 heteroatoms. The molecule has 4 nitrogen and oxygen atoms in total. The lowest BCUT2D eigenvalue weighted by Crippen LogP contribution is -2.38. The van der Waals surface area contributed by atoms with Crippen LogP contribution in [0.25, 0.3) is 0 Å². The van der Waals surface area contributed by atoms with Crippen molar-refractivity contribution in [3.8, 4) is 0 Å². The van der Waals surface area contributed by atoms with Crippen molar-refractivity contribution in [3.63, 3.8) is 0 Å². The van der Waals surface area contributed by atoms with Gasteiger partial charge < -0.3 is 15.4 Å². The summed E-state index contributed by atoms with van der Waals surface area (Å²) in [7, 11) is 0. The highest BCUT2D eigenvalue weighted by molar-refractivity contribution is 9.10. The van der Waals surface area contributed by atoms with Crippen molar-refractivity contribution in [1.29, 1.82) is 0 Å². The van der Waals surface area contributed by atoms with Crippen molar-refractivity contribution in [2.75, 3.05) is 19.8 Å². The van der Waals surface area contributed by atoms with Crippen LogP contribution in [0.2, 0.25) is 0 Å². The minimum atomic E-state index is -0.334. The van der Waals surface area contributed by atoms with E-state index >= 15 is 0 Å². The Bertz CT molecular complexity index is 450. The largest absolute Gasteiger partial charge is 0.381 e. The SMILES string of the molecule is O=C(NCc1ccc(Br)cc1F)NCC1CCOC1. The van der Waals surface area contributed by atoms with Gasteiger partial charge in [0.1, 0.15) is 5.82 Å². The van der Waals surface area contributed by atoms with Gasteiger partial charge in [0.05, 0.1) is 6.61 Å². The van der Waals surface area contributed by atoms with E-state index in [4.69, 9.17) is 4.74 Å². The molecule has 104 valence electrons. The Kier molecular flexibility index (Phi) is 5.15. The molecule has 1 aliphatic rings. The number of carbonyl (C=O) groups is 1. The number of hydrogen-bond acceptors (Lipinski definition) is 2. The zero-order valence-electron chi connectivity index (χ0n) is 10.4. The molecule has 0 aromatic heterocycles. The summed E-state index contributed by atoms with van der Waals surface area (Å²) in [6.45, 7) is 2.22. The topological polar surface area (TPSA) is 50.4 Å². The van der Waals surface area contributed by atoms with Gasteiger partial charge in [0.2, 0.25) is 0 Å². The lowest BCUT2D eigenvalue weighted by atomic mass is 10.1. The van der Waals surface area contributed by atoms with Crippen LogP contribution in [0.15, 0.2) is 22.7 Å². The highest BCUT2D eigenvalue weighted by atomic mass is 79.9. The second-order valence-corrected chi connectivity index (χ2v) is 5.44. The predicted molar refractivity (Wildman–Crippen MR) is 73.3 cm³/mol. The fourth-order valence-corrected chi connectivity index (χ4v) is 2.22. The molecule has 0 aliphatic carbocycles. The third-order valence-corrected chi connectivity index (χ3v) is 3.52. The average Bonchev–Trinajstić information content (AvgIpc) is 2.88. The smallest absolute Gasteiger partial charge is 0.315 e. The molecule has 2 amide bonds. The third-order valence-electron chi connectivity index (χ3n) is 3.03. The molecular weight excluding hydrogens is 315 g/mol. The summed E-state index contributed by atoms with van der Waals surface area (Å²) < 4.78 is 19.4. The van der Waals surface area contributed by atoms with Gasteiger partial charge in [0, 0.05) is 35.7 Å². The molecular formula is C13H16BrFN2O2. The number of amides is 2. The number of halogens is 2. The van der Waals surface area contributed by atoms with Crippen molar-refractivity contribution >= 4 is 22.0 Å². The van der Waals surface area contributed by atoms with E-state index in [0.29, 0.717) is 29.1 Å². The Hall–Kier alpha value is -1.14. The zero-order valence-corrected chi connectivity index (χ0v) is 12.0. The number of carbonyl (C=O) groups excluding carboxylic acids is 1. The molecule has 1 aliphatic heterocycles. The molecule has 1 unspecified atom stereocenters. The van der Waals surface area contributed by atoms with E-state index in [1.165, 1.54) is 6.07 Å². The van der Waals surface area contributed by atoms with Crippen LogP contribution in [0.5, 0.6) is 0 Å². The first-order valence-electron chi connectivity index (χ1n) is 6.18. The Morgan fingerprint density at radius 2 is 2.32 bits per heavy atom. The van der Waals surface area contributed by atoms with Crippen molar-refractivity contribution in [3.05, 3.63) is 34.1 Å². The lowest BCUT2D eigenvalue weighted by molar-refractivity contribution is 0.185. The standard InChI is InChI=1S/C13H16BrFN2O2/c14-11-2-1-10(12(15)5-11)7-17-13(18)16-6-9-3-4-19-8-9/h1-2,5,9H,3-4,6-8H2,(H2,16,17,18). The first kappa shape index (κ1) is 14.3. The molecule has 2 rings (SSSR count). The Balaban J connectivity index is 1.73. The van der Waals surface area contributed by atoms with Crippen molar-refractivity contribution in [2.45, 2.75) is 13.0 Å². The fourth-order valence-electron chi connectivity index (χ4n) is 1.88. The average molecular weight is 331 g/mol. The normalized spacial score (nSPS) is 18.3. The van der Waals surface area contributed by atoms with E-state index in [1.54, 1.807) is 12.1 Å². The monoisotopic (exact) mass is 330 g/mol. The van der Waals surface area contributed by atoms with Crippen LogP contribution >= 0.6 is 15.9 Å². The number of ether oxygens (including phenoxy) is 1. The number of benzene rings is 1. The fraction of sp³-hybridized carbons (Fsp3) is 0.462. The summed E-state index contributed by atoms with van der Waals surface area (Å²) in [6, 6.07) is 4.48. The van der Waals surface area contributed by atoms with Crippen LogP contribution < -0.4 is 10.6 Å². The van der Waals surface area contributed by atoms with Crippen molar-refractivity contribution < 1.29 is 13.9 Å². The molecule has 1 fully saturated rings. The molecule has 0 saturated carbocycles. The highest BCUT2D eigenvalue weighted by Crippen LogP contribution is 2.15. The van der Waals surface area contributed by atoms with Crippen LogP contribution in [-0.4, -0.2) is 25.8 Å². The minimum Gasteiger partial charge on any atom is -0.381 e. The number of nitrogens with one attached hydrogen (secondary N) is 2. The summed E-state index contributed by atoms with van der Waals surface area (Å²) in [5, 5.41) is 5.40. The Labute approximate surface area is 119 Å². The van der Waals surface area contributed by atoms with Gasteiger partial charge >= 0.3 is 6.03 Å². The van der Waals surface area contributed by atoms with Gasteiger partial charge in [0.25, 0.3) is 0 Å². The summed E-state index contributed by atoms with van der Waals surface area (Å²) in [6.07, 6.45) is 0.974. The van der Waals surface area contributed by atoms with Crippen LogP contribution in [-0.2, 0) is 11.3 Å². The maximum atomic E-state index is 13.5. The quantitative estimate of drug-likeness (QED) is 0.890. The minimum absolute atomic E-state index is 0.173. The summed E-state index contributed by atoms with van der Waals surface area (Å²) >= 11 is 3.19. The van der Waals surface area contributed by atoms with E-state index in [9.17, 15) is 9.18 Å². The summed E-state index contributed by atoms with van der Waals surface area (Å²) in [4.78, 5) is 11.6. The zero-order chi connectivity index (χ0) is 13.7. The maximum absolute atomic E-state index is 13.5. The van der Waals surface area contributed by atoms with Gasteiger partial charge in [-0.2, -0.15) is 0 Å². The van der Waals surface area contributed by atoms with E-state index in [2.05, 4.69) is 26.6 Å². The highest BCUT2D eigenvalue weighted by Gasteiger charge is 2.16. The summed E-state index contributed by atoms with van der Waals surface area (Å²) in [5.74, 6) is 0.0500. The van der Waals surface area contributed by atoms with Crippen molar-refractivity contribution in [1.82, 2.24) is 10.6 Å². The van der Waals surface area contributed by atoms with Crippen molar-refractivity contribution in [2.24, 2.45) is 5.92 Å². The molecule has 0 spiro atoms.